The van der Waals surface area contributed by atoms with E-state index < -0.39 is 0 Å². The normalized spacial score (nSPS) is 17.2. The van der Waals surface area contributed by atoms with E-state index in [-0.39, 0.29) is 0 Å². The molecule has 0 fully saturated rings. The Morgan fingerprint density at radius 1 is 1.47 bits per heavy atom. The highest BCUT2D eigenvalue weighted by atomic mass is 35.5. The Labute approximate surface area is 98.9 Å². The first kappa shape index (κ1) is 10.7. The van der Waals surface area contributed by atoms with E-state index in [1.165, 1.54) is 17.1 Å². The van der Waals surface area contributed by atoms with Gasteiger partial charge in [-0.15, -0.1) is 11.3 Å². The fraction of sp³-hybridized carbons (Fsp3) is 0.364. The molecule has 0 bridgehead atoms. The predicted molar refractivity (Wildman–Crippen MR) is 67.0 cm³/mol. The van der Waals surface area contributed by atoms with Crippen molar-refractivity contribution in [1.29, 1.82) is 0 Å². The number of hydrogen-bond acceptors (Lipinski definition) is 2. The fourth-order valence-electron chi connectivity index (χ4n) is 1.55. The summed E-state index contributed by atoms with van der Waals surface area (Å²) < 4.78 is 3.07. The topological polar surface area (TPSA) is 15.0 Å². The van der Waals surface area contributed by atoms with Crippen molar-refractivity contribution in [3.8, 4) is 0 Å². The van der Waals surface area contributed by atoms with Crippen molar-refractivity contribution < 1.29 is 4.58 Å². The van der Waals surface area contributed by atoms with Gasteiger partial charge in [-0.1, -0.05) is 11.6 Å². The lowest BCUT2D eigenvalue weighted by molar-refractivity contribution is -0.502. The summed E-state index contributed by atoms with van der Waals surface area (Å²) in [5.74, 6) is 1.19. The molecule has 1 aliphatic rings. The van der Waals surface area contributed by atoms with E-state index in [1.807, 2.05) is 12.1 Å². The zero-order chi connectivity index (χ0) is 10.7. The smallest absolute Gasteiger partial charge is 0.269 e. The average molecular weight is 242 g/mol. The molecule has 0 radical (unpaired) electrons. The maximum Gasteiger partial charge on any atom is 0.269 e. The molecule has 1 aromatic rings. The Bertz CT molecular complexity index is 406. The standard InChI is InChI=1S/C11H13ClN2S/c1-14-8-2-7-13-11(14)6-4-9-3-5-10(12)15-9/h3-6H,2,7-8H2,1H3/p+1/b6-4+. The van der Waals surface area contributed by atoms with Crippen LogP contribution >= 0.6 is 22.9 Å². The van der Waals surface area contributed by atoms with Gasteiger partial charge in [-0.3, -0.25) is 9.89 Å². The number of nitrogens with one attached hydrogen (secondary N) is 1. The van der Waals surface area contributed by atoms with E-state index in [1.54, 1.807) is 11.3 Å². The van der Waals surface area contributed by atoms with E-state index in [4.69, 9.17) is 11.6 Å². The van der Waals surface area contributed by atoms with Gasteiger partial charge in [0.05, 0.1) is 24.5 Å². The van der Waals surface area contributed by atoms with Crippen molar-refractivity contribution in [3.63, 3.8) is 0 Å². The van der Waals surface area contributed by atoms with E-state index in [0.717, 1.165) is 17.4 Å². The first-order chi connectivity index (χ1) is 7.25. The third-order valence-corrected chi connectivity index (χ3v) is 3.58. The van der Waals surface area contributed by atoms with Gasteiger partial charge in [0.25, 0.3) is 5.84 Å². The molecule has 0 amide bonds. The van der Waals surface area contributed by atoms with Gasteiger partial charge in [-0.25, -0.2) is 0 Å². The quantitative estimate of drug-likeness (QED) is 0.787. The molecule has 4 heteroatoms. The minimum Gasteiger partial charge on any atom is -0.275 e. The second kappa shape index (κ2) is 4.81. The Morgan fingerprint density at radius 3 is 3.00 bits per heavy atom. The SMILES string of the molecule is C[N+]1=C(/C=C/c2ccc(Cl)s2)NCCC1. The molecule has 0 saturated carbocycles. The van der Waals surface area contributed by atoms with Gasteiger partial charge in [0, 0.05) is 17.4 Å². The van der Waals surface area contributed by atoms with E-state index in [0.29, 0.717) is 0 Å². The van der Waals surface area contributed by atoms with Crippen LogP contribution in [0.15, 0.2) is 18.2 Å². The van der Waals surface area contributed by atoms with Crippen LogP contribution in [0, 0.1) is 0 Å². The van der Waals surface area contributed by atoms with Gasteiger partial charge in [0.15, 0.2) is 0 Å². The molecule has 2 nitrogen and oxygen atoms in total. The van der Waals surface area contributed by atoms with Crippen molar-refractivity contribution in [2.24, 2.45) is 0 Å². The van der Waals surface area contributed by atoms with Gasteiger partial charge < -0.3 is 0 Å². The van der Waals surface area contributed by atoms with Crippen LogP contribution in [0.4, 0.5) is 0 Å². The Morgan fingerprint density at radius 2 is 2.33 bits per heavy atom. The third kappa shape index (κ3) is 2.83. The molecule has 2 heterocycles. The zero-order valence-electron chi connectivity index (χ0n) is 8.66. The predicted octanol–water partition coefficient (Wildman–Crippen LogP) is 2.45. The molecular weight excluding hydrogens is 228 g/mol. The minimum absolute atomic E-state index is 0.838. The second-order valence-electron chi connectivity index (χ2n) is 3.56. The summed E-state index contributed by atoms with van der Waals surface area (Å²) in [5, 5.41) is 3.37. The average Bonchev–Trinajstić information content (AvgIpc) is 2.63. The number of halogens is 1. The summed E-state index contributed by atoms with van der Waals surface area (Å²) in [6.07, 6.45) is 5.42. The molecule has 0 aliphatic carbocycles. The number of hydrogen-bond donors (Lipinski definition) is 1. The van der Waals surface area contributed by atoms with Gasteiger partial charge >= 0.3 is 0 Å². The first-order valence-corrected chi connectivity index (χ1v) is 6.20. The van der Waals surface area contributed by atoms with Crippen molar-refractivity contribution in [2.45, 2.75) is 6.42 Å². The van der Waals surface area contributed by atoms with Crippen LogP contribution in [0.25, 0.3) is 6.08 Å². The van der Waals surface area contributed by atoms with Gasteiger partial charge in [-0.2, -0.15) is 0 Å². The van der Waals surface area contributed by atoms with E-state index >= 15 is 0 Å². The van der Waals surface area contributed by atoms with Gasteiger partial charge in [-0.05, 0) is 18.2 Å². The monoisotopic (exact) mass is 241 g/mol. The summed E-state index contributed by atoms with van der Waals surface area (Å²) in [6.45, 7) is 2.19. The summed E-state index contributed by atoms with van der Waals surface area (Å²) in [4.78, 5) is 1.19. The van der Waals surface area contributed by atoms with E-state index in [2.05, 4.69) is 29.1 Å². The van der Waals surface area contributed by atoms with Gasteiger partial charge in [0.2, 0.25) is 0 Å². The third-order valence-electron chi connectivity index (χ3n) is 2.39. The number of thiophene rings is 1. The molecule has 0 aromatic carbocycles. The first-order valence-electron chi connectivity index (χ1n) is 5.01. The van der Waals surface area contributed by atoms with Crippen LogP contribution in [0.5, 0.6) is 0 Å². The molecule has 1 aliphatic heterocycles. The summed E-state index contributed by atoms with van der Waals surface area (Å²) >= 11 is 7.46. The Kier molecular flexibility index (Phi) is 3.44. The molecular formula is C11H14ClN2S+. The highest BCUT2D eigenvalue weighted by Crippen LogP contribution is 2.22. The van der Waals surface area contributed by atoms with E-state index in [9.17, 15) is 0 Å². The molecule has 80 valence electrons. The molecule has 1 aromatic heterocycles. The van der Waals surface area contributed by atoms with Crippen LogP contribution < -0.4 is 5.32 Å². The second-order valence-corrected chi connectivity index (χ2v) is 5.31. The summed E-state index contributed by atoms with van der Waals surface area (Å²) in [7, 11) is 2.10. The minimum atomic E-state index is 0.838. The lowest BCUT2D eigenvalue weighted by Crippen LogP contribution is -2.37. The van der Waals surface area contributed by atoms with Crippen molar-refractivity contribution in [2.75, 3.05) is 20.1 Å². The summed E-state index contributed by atoms with van der Waals surface area (Å²) in [6, 6.07) is 3.96. The highest BCUT2D eigenvalue weighted by molar-refractivity contribution is 7.17. The molecule has 0 atom stereocenters. The maximum atomic E-state index is 5.86. The molecule has 0 unspecified atom stereocenters. The number of amidine groups is 1. The van der Waals surface area contributed by atoms with Crippen LogP contribution in [0.2, 0.25) is 4.34 Å². The largest absolute Gasteiger partial charge is 0.275 e. The molecule has 0 saturated heterocycles. The maximum absolute atomic E-state index is 5.86. The molecule has 2 rings (SSSR count). The number of nitrogens with zero attached hydrogens (tertiary/aromatic N) is 1. The molecule has 1 N–H and O–H groups in total. The van der Waals surface area contributed by atoms with Crippen LogP contribution in [0.3, 0.4) is 0 Å². The zero-order valence-corrected chi connectivity index (χ0v) is 10.2. The van der Waals surface area contributed by atoms with Crippen LogP contribution in [-0.4, -0.2) is 30.5 Å². The molecule has 15 heavy (non-hydrogen) atoms. The van der Waals surface area contributed by atoms with Crippen LogP contribution in [-0.2, 0) is 0 Å². The Hall–Kier alpha value is -0.800. The van der Waals surface area contributed by atoms with Crippen molar-refractivity contribution in [1.82, 2.24) is 5.32 Å². The van der Waals surface area contributed by atoms with Crippen LogP contribution in [0.1, 0.15) is 11.3 Å². The number of rotatable bonds is 2. The Balaban J connectivity index is 2.10. The van der Waals surface area contributed by atoms with Crippen molar-refractivity contribution in [3.05, 3.63) is 27.4 Å². The summed E-state index contributed by atoms with van der Waals surface area (Å²) in [5.41, 5.74) is 0. The lowest BCUT2D eigenvalue weighted by Gasteiger charge is -2.11. The highest BCUT2D eigenvalue weighted by Gasteiger charge is 2.11. The van der Waals surface area contributed by atoms with Gasteiger partial charge in [0.1, 0.15) is 0 Å². The fourth-order valence-corrected chi connectivity index (χ4v) is 2.52. The van der Waals surface area contributed by atoms with Crippen molar-refractivity contribution >= 4 is 34.8 Å². The molecule has 0 spiro atoms. The lowest BCUT2D eigenvalue weighted by atomic mass is 10.3.